The molecule has 4 fully saturated rings. The molecule has 0 aliphatic carbocycles. The lowest BCUT2D eigenvalue weighted by atomic mass is 9.79. The molecular weight excluding hydrogens is 1520 g/mol. The van der Waals surface area contributed by atoms with Gasteiger partial charge in [-0.05, 0) is 192 Å². The summed E-state index contributed by atoms with van der Waals surface area (Å²) in [4.78, 5) is 54.4. The zero-order chi connectivity index (χ0) is 125. The van der Waals surface area contributed by atoms with Gasteiger partial charge in [0.1, 0.15) is 48.6 Å². The highest BCUT2D eigenvalue weighted by molar-refractivity contribution is 5.77. The SMILES string of the molecule is [2H]C([2H])([2H])Oc1cc2c(cc1OC)C1N(C([2H])([2H])C2([2H])[2H])C([2H])([2H])C([2H])(CC(C)C)C(OC(=O)[C@@H](N)C(C)C)C1([2H])[2H].[2H]C1([2H])C2c3cc(OC)c(OC)cc3C([2H])([2H])C([2H])([2H])N2C([2H])([2H])C([2H])(CC(C)C)C1OC(=O)[C@@H](N)C(C)C.[2H]C1([2H])C2c3cc(OC)c(OC)cc3C([2H])([2H])C([2H])([2H])N2C([2H])([2H])C([2H])(CC(C)C)C1OC(=O)[C@@H](N)C(C)C.[2H]c1c2c(c([2H])c(OC)c1OC([2H])([2H])[2H])C1([2H])N(CC2)C([2H])([2H])C([2H])(CC(C)C)C([2H])(OC(=O)[C@@H](N)C(C)C)C1([2H])[2H]. The highest BCUT2D eigenvalue weighted by atomic mass is 16.6. The first-order chi connectivity index (χ1) is 72.9. The summed E-state index contributed by atoms with van der Waals surface area (Å²) in [5, 5.41) is 0. The molecule has 0 bridgehead atoms. The average Bonchev–Trinajstić information content (AvgIpc) is 0.637. The molecule has 672 valence electrons. The van der Waals surface area contributed by atoms with E-state index in [1.165, 1.54) is 52.7 Å². The van der Waals surface area contributed by atoms with Crippen molar-refractivity contribution < 1.29 is 134 Å². The third-order valence-electron chi connectivity index (χ3n) is 20.4. The number of piperidine rings is 4. The fourth-order valence-corrected chi connectivity index (χ4v) is 13.5. The fraction of sp³-hybridized carbons (Fsp3) is 0.708. The molecule has 24 heteroatoms. The predicted octanol–water partition coefficient (Wildman–Crippen LogP) is 14.3. The van der Waals surface area contributed by atoms with Gasteiger partial charge in [-0.2, -0.15) is 0 Å². The number of aryl methyl sites for hydroxylation is 3. The Morgan fingerprint density at radius 1 is 0.383 bits per heavy atom. The summed E-state index contributed by atoms with van der Waals surface area (Å²) < 4.78 is 436. The van der Waals surface area contributed by atoms with Gasteiger partial charge in [-0.1, -0.05) is 111 Å². The first kappa shape index (κ1) is 53.2. The summed E-state index contributed by atoms with van der Waals surface area (Å²) in [5.74, 6) is -20.0. The van der Waals surface area contributed by atoms with Crippen molar-refractivity contribution in [2.45, 2.75) is 260 Å². The Balaban J connectivity index is 0.000000238. The molecule has 0 radical (unpaired) electrons. The van der Waals surface area contributed by atoms with Crippen LogP contribution in [0.15, 0.2) is 48.5 Å². The van der Waals surface area contributed by atoms with Crippen molar-refractivity contribution in [3.63, 3.8) is 0 Å². The minimum absolute atomic E-state index is 0.0734. The summed E-state index contributed by atoms with van der Waals surface area (Å²) in [6, 6.07) is -8.03. The second kappa shape index (κ2) is 43.9. The number of fused-ring (bicyclic) bond motifs is 12. The van der Waals surface area contributed by atoms with Gasteiger partial charge in [0, 0.05) is 169 Å². The van der Waals surface area contributed by atoms with Crippen LogP contribution >= 0.6 is 0 Å². The molecule has 24 nitrogen and oxygen atoms in total. The number of benzene rings is 4. The van der Waals surface area contributed by atoms with Crippen LogP contribution in [0.4, 0.5) is 0 Å². The van der Waals surface area contributed by atoms with E-state index < -0.39 is 320 Å². The Morgan fingerprint density at radius 3 is 0.992 bits per heavy atom. The quantitative estimate of drug-likeness (QED) is 0.0303. The molecule has 120 heavy (non-hydrogen) atoms. The Hall–Kier alpha value is -7.16. The molecule has 0 amide bonds. The maximum absolute atomic E-state index is 13.2. The van der Waals surface area contributed by atoms with E-state index in [-0.39, 0.29) is 93.2 Å². The molecule has 0 aromatic heterocycles. The summed E-state index contributed by atoms with van der Waals surface area (Å²) in [7, 11) is 1.44. The Bertz CT molecular complexity index is 5940. The van der Waals surface area contributed by atoms with Crippen LogP contribution in [0.5, 0.6) is 46.0 Å². The lowest BCUT2D eigenvalue weighted by molar-refractivity contribution is -0.161. The van der Waals surface area contributed by atoms with E-state index in [1.54, 1.807) is 111 Å². The second-order valence-electron chi connectivity index (χ2n) is 32.9. The van der Waals surface area contributed by atoms with Gasteiger partial charge in [0.05, 0.1) is 70.4 Å². The molecular formula is C96H152N8O16. The standard InChI is InChI=1S/4C24H38N2O4/c4*1-14(2)9-17-13-26-8-7-16-10-21(28-5)22(29-6)11-18(16)19(26)12-20(17)30-24(27)23(25)15(3)4/h4*10-11,14-15,17,19-20,23H,7-9,12-13,25H2,1-6H3/t4*17?,19?,20?,23-/m0000/s1/i5D3,10D,11D,12D2,13D2,17D,19D,20D;5D3,7D2,8D2,12D2,13D2,17D;2*7D2,8D2,12D2,13D2,17D. The Labute approximate surface area is 777 Å². The van der Waals surface area contributed by atoms with Crippen molar-refractivity contribution in [3.8, 4) is 46.0 Å². The van der Waals surface area contributed by atoms with Gasteiger partial charge in [0.15, 0.2) is 46.0 Å². The molecule has 4 saturated heterocycles. The molecule has 12 rings (SSSR count). The van der Waals surface area contributed by atoms with Crippen molar-refractivity contribution in [1.29, 1.82) is 0 Å². The summed E-state index contributed by atoms with van der Waals surface area (Å²) in [6.45, 7) is 4.11. The van der Waals surface area contributed by atoms with E-state index in [0.717, 1.165) is 31.3 Å². The van der Waals surface area contributed by atoms with Crippen LogP contribution in [0.2, 0.25) is 0 Å². The van der Waals surface area contributed by atoms with Crippen molar-refractivity contribution in [2.24, 2.45) is 93.9 Å². The monoisotopic (exact) mass is 1720 g/mol. The van der Waals surface area contributed by atoms with Crippen molar-refractivity contribution in [1.82, 2.24) is 19.6 Å². The number of hydrogen-bond acceptors (Lipinski definition) is 24. The van der Waals surface area contributed by atoms with Crippen LogP contribution in [-0.2, 0) is 63.7 Å². The Kier molecular flexibility index (Phi) is 19.5. The lowest BCUT2D eigenvalue weighted by Gasteiger charge is -2.47. The number of methoxy groups -OCH3 is 8. The molecule has 8 aliphatic rings. The molecule has 4 aromatic carbocycles. The van der Waals surface area contributed by atoms with Gasteiger partial charge < -0.3 is 79.8 Å². The van der Waals surface area contributed by atoms with Crippen LogP contribution in [0.3, 0.4) is 0 Å². The Morgan fingerprint density at radius 2 is 0.675 bits per heavy atom. The number of carbonyl (C=O) groups excluding carboxylic acids is 4. The van der Waals surface area contributed by atoms with Crippen LogP contribution < -0.4 is 60.8 Å². The van der Waals surface area contributed by atoms with Gasteiger partial charge >= 0.3 is 23.9 Å². The number of nitrogens with zero attached hydrogens (tertiary/aromatic N) is 4. The first-order valence-corrected chi connectivity index (χ1v) is 40.3. The molecule has 8 N–H and O–H groups in total. The van der Waals surface area contributed by atoms with E-state index in [1.807, 2.05) is 0 Å². The summed E-state index contributed by atoms with van der Waals surface area (Å²) in [5.41, 5.74) is 21.5. The average molecular weight is 1720 g/mol. The number of rotatable bonds is 28. The highest BCUT2D eigenvalue weighted by Gasteiger charge is 2.47. The number of carbonyl (C=O) groups is 4. The first-order valence-electron chi connectivity index (χ1n) is 61.3. The van der Waals surface area contributed by atoms with Gasteiger partial charge in [-0.15, -0.1) is 0 Å². The molecule has 12 unspecified atom stereocenters. The van der Waals surface area contributed by atoms with Crippen LogP contribution in [0, 0.1) is 70.9 Å². The smallest absolute Gasteiger partial charge is 0.323 e. The molecule has 8 heterocycles. The zero-order valence-electron chi connectivity index (χ0n) is 115. The molecule has 8 aliphatic heterocycles. The number of ether oxygens (including phenoxy) is 12. The van der Waals surface area contributed by atoms with Gasteiger partial charge in [0.2, 0.25) is 0 Å². The normalized spacial score (nSPS) is 39.8. The van der Waals surface area contributed by atoms with Crippen molar-refractivity contribution in [2.75, 3.05) is 109 Å². The van der Waals surface area contributed by atoms with Crippen molar-refractivity contribution in [3.05, 3.63) is 93.0 Å². The van der Waals surface area contributed by atoms with Gasteiger partial charge in [-0.3, -0.25) is 38.8 Å². The fourth-order valence-electron chi connectivity index (χ4n) is 13.5. The summed E-state index contributed by atoms with van der Waals surface area (Å²) >= 11 is 0. The van der Waals surface area contributed by atoms with E-state index in [0.29, 0.717) is 14.7 Å². The number of hydrogen-bond donors (Lipinski definition) is 4. The van der Waals surface area contributed by atoms with E-state index in [2.05, 4.69) is 0 Å². The lowest BCUT2D eigenvalue weighted by Crippen LogP contribution is -2.51. The van der Waals surface area contributed by atoms with Gasteiger partial charge in [-0.25, -0.2) is 0 Å². The largest absolute Gasteiger partial charge is 0.493 e. The molecule has 0 spiro atoms. The molecule has 0 saturated carbocycles. The number of esters is 4. The maximum Gasteiger partial charge on any atom is 0.323 e. The minimum atomic E-state index is -3.44. The van der Waals surface area contributed by atoms with Crippen molar-refractivity contribution >= 4 is 23.9 Å². The van der Waals surface area contributed by atoms with E-state index in [4.69, 9.17) is 118 Å². The molecule has 4 aromatic rings. The van der Waals surface area contributed by atoms with E-state index in [9.17, 15) is 38.4 Å². The number of nitrogens with two attached hydrogens (primary N) is 4. The minimum Gasteiger partial charge on any atom is -0.493 e. The molecule has 16 atom stereocenters. The topological polar surface area (TPSA) is 296 Å². The van der Waals surface area contributed by atoms with Gasteiger partial charge in [0.25, 0.3) is 0 Å². The third kappa shape index (κ3) is 23.8. The van der Waals surface area contributed by atoms with Crippen LogP contribution in [0.1, 0.15) is 288 Å². The van der Waals surface area contributed by atoms with Crippen LogP contribution in [-0.4, -0.2) is 201 Å². The summed E-state index contributed by atoms with van der Waals surface area (Å²) in [6.07, 6.45) is -32.1. The highest BCUT2D eigenvalue weighted by Crippen LogP contribution is 2.50. The maximum atomic E-state index is 13.2. The second-order valence-corrected chi connectivity index (χ2v) is 32.9. The van der Waals surface area contributed by atoms with Crippen LogP contribution in [0.25, 0.3) is 0 Å². The zero-order valence-corrected chi connectivity index (χ0v) is 72.7. The third-order valence-corrected chi connectivity index (χ3v) is 20.4. The van der Waals surface area contributed by atoms with E-state index >= 15 is 0 Å². The predicted molar refractivity (Wildman–Crippen MR) is 471 cm³/mol.